The van der Waals surface area contributed by atoms with Crippen molar-refractivity contribution in [3.63, 3.8) is 0 Å². The fourth-order valence-electron chi connectivity index (χ4n) is 8.63. The summed E-state index contributed by atoms with van der Waals surface area (Å²) < 4.78 is 20.4. The maximum atomic E-state index is 13.9. The summed E-state index contributed by atoms with van der Waals surface area (Å²) in [4.78, 5) is 28.8. The zero-order chi connectivity index (χ0) is 30.6. The number of nitrogens with zero attached hydrogens (tertiary/aromatic N) is 6. The Kier molecular flexibility index (Phi) is 7.41. The highest BCUT2D eigenvalue weighted by Crippen LogP contribution is 2.51. The number of hydrogen-bond donors (Lipinski definition) is 0. The molecule has 0 bridgehead atoms. The molecule has 4 heterocycles. The third kappa shape index (κ3) is 4.78. The molecule has 0 N–H and O–H groups in total. The second kappa shape index (κ2) is 11.1. The summed E-state index contributed by atoms with van der Waals surface area (Å²) in [5, 5.41) is 10.3. The molecule has 1 aromatic heterocycles. The quantitative estimate of drug-likeness (QED) is 0.402. The van der Waals surface area contributed by atoms with E-state index < -0.39 is 17.8 Å². The summed E-state index contributed by atoms with van der Waals surface area (Å²) in [5.74, 6) is -0.959. The van der Waals surface area contributed by atoms with E-state index in [1.165, 1.54) is 28.9 Å². The van der Waals surface area contributed by atoms with Gasteiger partial charge in [0.1, 0.15) is 12.4 Å². The number of allylic oxidation sites excluding steroid dienone is 2. The predicted molar refractivity (Wildman–Crippen MR) is 167 cm³/mol. The molecule has 1 aromatic carbocycles. The number of carbonyl (C=O) groups is 1. The maximum Gasteiger partial charge on any atom is 0.318 e. The average Bonchev–Trinajstić information content (AvgIpc) is 3.67. The molecule has 3 fully saturated rings. The number of fused-ring (bicyclic) bond motifs is 4. The van der Waals surface area contributed by atoms with Crippen LogP contribution in [0.25, 0.3) is 5.57 Å². The van der Waals surface area contributed by atoms with Crippen molar-refractivity contribution in [2.45, 2.75) is 75.3 Å². The number of anilines is 1. The average molecular weight is 617 g/mol. The first-order valence-electron chi connectivity index (χ1n) is 15.8. The van der Waals surface area contributed by atoms with Crippen molar-refractivity contribution in [1.29, 1.82) is 5.26 Å². The Morgan fingerprint density at radius 2 is 2.00 bits per heavy atom. The highest BCUT2D eigenvalue weighted by Gasteiger charge is 2.46. The molecule has 44 heavy (non-hydrogen) atoms. The summed E-state index contributed by atoms with van der Waals surface area (Å²) in [6.45, 7) is 9.23. The van der Waals surface area contributed by atoms with Crippen LogP contribution in [0.3, 0.4) is 0 Å². The molecule has 1 spiro atoms. The fraction of sp³-hybridized carbons (Fsp3) is 0.529. The topological polar surface area (TPSA) is 85.6 Å². The van der Waals surface area contributed by atoms with Gasteiger partial charge in [0.25, 0.3) is 5.91 Å². The molecule has 1 amide bonds. The molecule has 2 aromatic rings. The maximum absolute atomic E-state index is 13.9. The Labute approximate surface area is 263 Å². The van der Waals surface area contributed by atoms with Gasteiger partial charge in [0.05, 0.1) is 29.8 Å². The van der Waals surface area contributed by atoms with Crippen molar-refractivity contribution in [1.82, 2.24) is 19.8 Å². The Morgan fingerprint density at radius 1 is 1.20 bits per heavy atom. The molecule has 230 valence electrons. The van der Waals surface area contributed by atoms with E-state index in [1.54, 1.807) is 0 Å². The molecule has 7 rings (SSSR count). The van der Waals surface area contributed by atoms with Crippen molar-refractivity contribution in [3.05, 3.63) is 64.1 Å². The Balaban J connectivity index is 1.25. The van der Waals surface area contributed by atoms with Gasteiger partial charge in [-0.15, -0.1) is 0 Å². The van der Waals surface area contributed by atoms with Crippen molar-refractivity contribution in [2.75, 3.05) is 44.2 Å². The van der Waals surface area contributed by atoms with Crippen LogP contribution in [0.1, 0.15) is 67.8 Å². The SMILES string of the molecule is C=C(F)C(=O)N1CCN(c2nc(OCC34CCCN3CCC4)nc3c2CC[C@]2(C=C(C)c4c(Cl)cccc42)C3)C[C@@H]1CC#N. The minimum absolute atomic E-state index is 0.0558. The van der Waals surface area contributed by atoms with Gasteiger partial charge in [-0.2, -0.15) is 15.2 Å². The largest absolute Gasteiger partial charge is 0.461 e. The van der Waals surface area contributed by atoms with E-state index in [2.05, 4.69) is 41.5 Å². The number of hydrogen-bond acceptors (Lipinski definition) is 7. The first-order chi connectivity index (χ1) is 21.2. The predicted octanol–water partition coefficient (Wildman–Crippen LogP) is 5.39. The number of carbonyl (C=O) groups excluding carboxylic acids is 1. The number of nitriles is 1. The van der Waals surface area contributed by atoms with Crippen LogP contribution in [0.2, 0.25) is 5.02 Å². The van der Waals surface area contributed by atoms with Gasteiger partial charge < -0.3 is 14.5 Å². The van der Waals surface area contributed by atoms with E-state index in [4.69, 9.17) is 26.3 Å². The van der Waals surface area contributed by atoms with Crippen LogP contribution in [0, 0.1) is 11.3 Å². The van der Waals surface area contributed by atoms with Crippen molar-refractivity contribution in [2.24, 2.45) is 0 Å². The molecular formula is C34H38ClFN6O2. The van der Waals surface area contributed by atoms with Crippen molar-refractivity contribution in [3.8, 4) is 12.1 Å². The van der Waals surface area contributed by atoms with Crippen LogP contribution in [-0.4, -0.2) is 76.6 Å². The second-order valence-electron chi connectivity index (χ2n) is 13.2. The van der Waals surface area contributed by atoms with Gasteiger partial charge in [-0.25, -0.2) is 4.39 Å². The Bertz CT molecular complexity index is 1590. The zero-order valence-electron chi connectivity index (χ0n) is 25.2. The number of benzene rings is 1. The van der Waals surface area contributed by atoms with Gasteiger partial charge in [-0.05, 0) is 81.3 Å². The molecule has 2 aliphatic carbocycles. The van der Waals surface area contributed by atoms with Crippen LogP contribution >= 0.6 is 11.6 Å². The van der Waals surface area contributed by atoms with Gasteiger partial charge >= 0.3 is 6.01 Å². The lowest BCUT2D eigenvalue weighted by atomic mass is 9.70. The summed E-state index contributed by atoms with van der Waals surface area (Å²) >= 11 is 6.68. The van der Waals surface area contributed by atoms with E-state index in [-0.39, 0.29) is 23.9 Å². The number of piperazine rings is 1. The highest BCUT2D eigenvalue weighted by atomic mass is 35.5. The van der Waals surface area contributed by atoms with Gasteiger partial charge in [0.2, 0.25) is 0 Å². The third-order valence-corrected chi connectivity index (χ3v) is 11.0. The molecule has 8 nitrogen and oxygen atoms in total. The van der Waals surface area contributed by atoms with Crippen LogP contribution < -0.4 is 9.64 Å². The summed E-state index contributed by atoms with van der Waals surface area (Å²) in [6, 6.07) is 8.25. The molecule has 0 saturated carbocycles. The molecule has 2 atom stereocenters. The standard InChI is InChI=1S/C34H38ClFN6O2/c1-22-18-33(26-6-3-7-27(35)29(22)26)12-8-25-28(19-33)38-32(44-21-34-10-4-14-41(34)15-5-11-34)39-30(25)40-16-17-42(31(43)23(2)36)24(20-40)9-13-37/h3,6-7,18,24H,2,4-5,8-12,14-17,19-21H2,1H3/t24-,33-/m0/s1. The molecule has 0 radical (unpaired) electrons. The van der Waals surface area contributed by atoms with E-state index in [0.717, 1.165) is 66.4 Å². The monoisotopic (exact) mass is 616 g/mol. The minimum atomic E-state index is -1.01. The van der Waals surface area contributed by atoms with Gasteiger partial charge in [0, 0.05) is 42.1 Å². The van der Waals surface area contributed by atoms with Gasteiger partial charge in [-0.1, -0.05) is 36.4 Å². The fourth-order valence-corrected chi connectivity index (χ4v) is 8.95. The third-order valence-electron chi connectivity index (χ3n) is 10.7. The number of halogens is 2. The molecule has 10 heteroatoms. The number of ether oxygens (including phenoxy) is 1. The number of aromatic nitrogens is 2. The molecule has 3 aliphatic heterocycles. The highest BCUT2D eigenvalue weighted by molar-refractivity contribution is 6.32. The van der Waals surface area contributed by atoms with Crippen LogP contribution in [0.5, 0.6) is 6.01 Å². The van der Waals surface area contributed by atoms with Crippen molar-refractivity contribution >= 4 is 28.9 Å². The summed E-state index contributed by atoms with van der Waals surface area (Å²) in [7, 11) is 0. The molecular weight excluding hydrogens is 579 g/mol. The number of amides is 1. The summed E-state index contributed by atoms with van der Waals surface area (Å²) in [6.07, 6.45) is 9.44. The smallest absolute Gasteiger partial charge is 0.318 e. The molecule has 5 aliphatic rings. The van der Waals surface area contributed by atoms with E-state index >= 15 is 0 Å². The van der Waals surface area contributed by atoms with E-state index in [9.17, 15) is 14.4 Å². The van der Waals surface area contributed by atoms with Crippen LogP contribution in [-0.2, 0) is 23.1 Å². The Morgan fingerprint density at radius 3 is 2.75 bits per heavy atom. The van der Waals surface area contributed by atoms with E-state index in [1.807, 2.05) is 12.1 Å². The zero-order valence-corrected chi connectivity index (χ0v) is 26.0. The Hall–Kier alpha value is -3.48. The summed E-state index contributed by atoms with van der Waals surface area (Å²) in [5.41, 5.74) is 5.46. The molecule has 3 saturated heterocycles. The lowest BCUT2D eigenvalue weighted by Gasteiger charge is -2.42. The second-order valence-corrected chi connectivity index (χ2v) is 13.6. The molecule has 0 unspecified atom stereocenters. The normalized spacial score (nSPS) is 25.3. The number of rotatable bonds is 6. The first kappa shape index (κ1) is 29.2. The van der Waals surface area contributed by atoms with E-state index in [0.29, 0.717) is 32.1 Å². The van der Waals surface area contributed by atoms with Gasteiger partial charge in [-0.3, -0.25) is 9.69 Å². The lowest BCUT2D eigenvalue weighted by Crippen LogP contribution is -2.55. The van der Waals surface area contributed by atoms with Crippen LogP contribution in [0.4, 0.5) is 10.2 Å². The van der Waals surface area contributed by atoms with Crippen molar-refractivity contribution < 1.29 is 13.9 Å². The van der Waals surface area contributed by atoms with Crippen LogP contribution in [0.15, 0.2) is 36.7 Å². The first-order valence-corrected chi connectivity index (χ1v) is 16.2. The van der Waals surface area contributed by atoms with Gasteiger partial charge in [0.15, 0.2) is 5.83 Å². The minimum Gasteiger partial charge on any atom is -0.461 e. The lowest BCUT2D eigenvalue weighted by molar-refractivity contribution is -0.131.